The molecule has 0 aliphatic heterocycles. The number of nitrogens with zero attached hydrogens (tertiary/aromatic N) is 3. The lowest BCUT2D eigenvalue weighted by molar-refractivity contribution is 0.314. The largest absolute Gasteiger partial charge is 0.493 e. The zero-order valence-electron chi connectivity index (χ0n) is 17.5. The highest BCUT2D eigenvalue weighted by molar-refractivity contribution is 7.80. The standard InChI is InChI=1S/C24H20ClN3O3S/c1-29-21-11-19-20(12-22(21)30-2)28(14-27-19)17-9-16(13-26)24(32)23(10-17)31-8-7-15-5-3-4-6-18(15)25/h3-6,9-12,14,32H,7-8H2,1-2H3. The van der Waals surface area contributed by atoms with Crippen LogP contribution in [0, 0.1) is 11.3 Å². The maximum atomic E-state index is 9.64. The minimum absolute atomic E-state index is 0.390. The van der Waals surface area contributed by atoms with Gasteiger partial charge >= 0.3 is 0 Å². The molecule has 0 saturated heterocycles. The normalized spacial score (nSPS) is 10.7. The second-order valence-corrected chi connectivity index (χ2v) is 7.81. The first-order valence-electron chi connectivity index (χ1n) is 9.78. The SMILES string of the molecule is COc1cc2ncn(-c3cc(C#N)c(S)c(OCCc4ccccc4Cl)c3)c2cc1OC. The Kier molecular flexibility index (Phi) is 6.45. The van der Waals surface area contributed by atoms with Crippen molar-refractivity contribution in [3.63, 3.8) is 0 Å². The second kappa shape index (κ2) is 9.43. The van der Waals surface area contributed by atoms with Crippen molar-refractivity contribution in [3.05, 3.63) is 71.0 Å². The lowest BCUT2D eigenvalue weighted by Crippen LogP contribution is -2.04. The van der Waals surface area contributed by atoms with Crippen LogP contribution >= 0.6 is 24.2 Å². The molecule has 1 aromatic heterocycles. The molecule has 0 bridgehead atoms. The molecule has 32 heavy (non-hydrogen) atoms. The summed E-state index contributed by atoms with van der Waals surface area (Å²) in [6.45, 7) is 0.390. The molecule has 1 heterocycles. The van der Waals surface area contributed by atoms with Gasteiger partial charge in [0.25, 0.3) is 0 Å². The topological polar surface area (TPSA) is 69.3 Å². The van der Waals surface area contributed by atoms with E-state index in [-0.39, 0.29) is 0 Å². The summed E-state index contributed by atoms with van der Waals surface area (Å²) in [6.07, 6.45) is 2.32. The number of fused-ring (bicyclic) bond motifs is 1. The Balaban J connectivity index is 1.69. The highest BCUT2D eigenvalue weighted by Crippen LogP contribution is 2.35. The number of aromatic nitrogens is 2. The molecule has 4 aromatic rings. The van der Waals surface area contributed by atoms with Crippen molar-refractivity contribution >= 4 is 35.3 Å². The summed E-state index contributed by atoms with van der Waals surface area (Å²) in [6, 6.07) is 17.1. The number of thiol groups is 1. The third-order valence-corrected chi connectivity index (χ3v) is 5.93. The van der Waals surface area contributed by atoms with Crippen LogP contribution in [0.4, 0.5) is 0 Å². The van der Waals surface area contributed by atoms with Crippen LogP contribution in [0.3, 0.4) is 0 Å². The second-order valence-electron chi connectivity index (χ2n) is 6.95. The lowest BCUT2D eigenvalue weighted by Gasteiger charge is -2.14. The maximum absolute atomic E-state index is 9.64. The van der Waals surface area contributed by atoms with Gasteiger partial charge in [0, 0.05) is 29.6 Å². The summed E-state index contributed by atoms with van der Waals surface area (Å²) < 4.78 is 18.7. The van der Waals surface area contributed by atoms with E-state index < -0.39 is 0 Å². The van der Waals surface area contributed by atoms with Crippen LogP contribution in [0.5, 0.6) is 17.2 Å². The van der Waals surface area contributed by atoms with Gasteiger partial charge in [-0.15, -0.1) is 12.6 Å². The third kappa shape index (κ3) is 4.20. The fourth-order valence-corrected chi connectivity index (χ4v) is 3.92. The van der Waals surface area contributed by atoms with Gasteiger partial charge in [0.15, 0.2) is 11.5 Å². The molecule has 0 atom stereocenters. The monoisotopic (exact) mass is 465 g/mol. The molecule has 0 aliphatic carbocycles. The highest BCUT2D eigenvalue weighted by atomic mass is 35.5. The minimum Gasteiger partial charge on any atom is -0.493 e. The average Bonchev–Trinajstić information content (AvgIpc) is 3.23. The Hall–Kier alpha value is -3.34. The fourth-order valence-electron chi connectivity index (χ4n) is 3.44. The number of ether oxygens (including phenoxy) is 3. The Labute approximate surface area is 196 Å². The molecule has 4 rings (SSSR count). The van der Waals surface area contributed by atoms with Gasteiger partial charge in [-0.05, 0) is 17.7 Å². The molecule has 0 spiro atoms. The number of methoxy groups -OCH3 is 2. The summed E-state index contributed by atoms with van der Waals surface area (Å²) in [5, 5.41) is 10.3. The molecule has 6 nitrogen and oxygen atoms in total. The van der Waals surface area contributed by atoms with E-state index in [2.05, 4.69) is 23.7 Å². The number of hydrogen-bond acceptors (Lipinski definition) is 6. The summed E-state index contributed by atoms with van der Waals surface area (Å²) in [5.74, 6) is 1.69. The van der Waals surface area contributed by atoms with Crippen molar-refractivity contribution in [1.29, 1.82) is 5.26 Å². The van der Waals surface area contributed by atoms with E-state index in [1.54, 1.807) is 26.6 Å². The van der Waals surface area contributed by atoms with Gasteiger partial charge in [0.05, 0.1) is 48.0 Å². The molecule has 0 unspecified atom stereocenters. The zero-order valence-corrected chi connectivity index (χ0v) is 19.2. The molecule has 0 aliphatic rings. The summed E-state index contributed by atoms with van der Waals surface area (Å²) in [7, 11) is 3.16. The van der Waals surface area contributed by atoms with Crippen LogP contribution in [0.25, 0.3) is 16.7 Å². The van der Waals surface area contributed by atoms with E-state index in [0.717, 1.165) is 22.3 Å². The Morgan fingerprint density at radius 3 is 2.53 bits per heavy atom. The fraction of sp³-hybridized carbons (Fsp3) is 0.167. The number of nitriles is 1. The molecule has 0 radical (unpaired) electrons. The van der Waals surface area contributed by atoms with Crippen molar-refractivity contribution in [3.8, 4) is 29.0 Å². The lowest BCUT2D eigenvalue weighted by atomic mass is 10.1. The van der Waals surface area contributed by atoms with Crippen LogP contribution in [0.15, 0.2) is 59.8 Å². The summed E-state index contributed by atoms with van der Waals surface area (Å²) >= 11 is 10.7. The number of halogens is 1. The van der Waals surface area contributed by atoms with E-state index in [1.165, 1.54) is 0 Å². The number of imidazole rings is 1. The first-order valence-corrected chi connectivity index (χ1v) is 10.6. The van der Waals surface area contributed by atoms with Crippen molar-refractivity contribution in [2.24, 2.45) is 0 Å². The van der Waals surface area contributed by atoms with Gasteiger partial charge in [-0.2, -0.15) is 5.26 Å². The first-order chi connectivity index (χ1) is 15.5. The predicted octanol–water partition coefficient (Wildman–Crippen LogP) is 5.48. The van der Waals surface area contributed by atoms with Crippen molar-refractivity contribution < 1.29 is 14.2 Å². The van der Waals surface area contributed by atoms with Gasteiger partial charge in [-0.1, -0.05) is 29.8 Å². The highest BCUT2D eigenvalue weighted by Gasteiger charge is 2.15. The summed E-state index contributed by atoms with van der Waals surface area (Å²) in [5.41, 5.74) is 3.66. The smallest absolute Gasteiger partial charge is 0.163 e. The molecule has 162 valence electrons. The molecule has 8 heteroatoms. The van der Waals surface area contributed by atoms with Gasteiger partial charge in [0.2, 0.25) is 0 Å². The van der Waals surface area contributed by atoms with Crippen LogP contribution in [-0.4, -0.2) is 30.4 Å². The van der Waals surface area contributed by atoms with Gasteiger partial charge in [0.1, 0.15) is 18.1 Å². The Morgan fingerprint density at radius 1 is 1.06 bits per heavy atom. The third-order valence-electron chi connectivity index (χ3n) is 5.10. The quantitative estimate of drug-likeness (QED) is 0.366. The Morgan fingerprint density at radius 2 is 1.81 bits per heavy atom. The van der Waals surface area contributed by atoms with E-state index in [4.69, 9.17) is 25.8 Å². The van der Waals surface area contributed by atoms with Crippen LogP contribution < -0.4 is 14.2 Å². The first kappa shape index (κ1) is 21.9. The van der Waals surface area contributed by atoms with Crippen LogP contribution in [-0.2, 0) is 6.42 Å². The van der Waals surface area contributed by atoms with Crippen molar-refractivity contribution in [2.45, 2.75) is 11.3 Å². The van der Waals surface area contributed by atoms with Crippen LogP contribution in [0.2, 0.25) is 5.02 Å². The molecular formula is C24H20ClN3O3S. The number of hydrogen-bond donors (Lipinski definition) is 1. The summed E-state index contributed by atoms with van der Waals surface area (Å²) in [4.78, 5) is 4.95. The van der Waals surface area contributed by atoms with Gasteiger partial charge in [-0.3, -0.25) is 4.57 Å². The number of benzene rings is 3. The number of rotatable bonds is 7. The van der Waals surface area contributed by atoms with Crippen molar-refractivity contribution in [1.82, 2.24) is 9.55 Å². The molecule has 0 N–H and O–H groups in total. The zero-order chi connectivity index (χ0) is 22.7. The average molecular weight is 466 g/mol. The minimum atomic E-state index is 0.390. The van der Waals surface area contributed by atoms with E-state index in [0.29, 0.717) is 45.8 Å². The predicted molar refractivity (Wildman–Crippen MR) is 127 cm³/mol. The molecule has 0 amide bonds. The van der Waals surface area contributed by atoms with E-state index >= 15 is 0 Å². The van der Waals surface area contributed by atoms with Gasteiger partial charge < -0.3 is 14.2 Å². The maximum Gasteiger partial charge on any atom is 0.163 e. The molecule has 0 fully saturated rings. The molecule has 0 saturated carbocycles. The Bertz CT molecular complexity index is 1330. The molecule has 3 aromatic carbocycles. The van der Waals surface area contributed by atoms with Crippen LogP contribution in [0.1, 0.15) is 11.1 Å². The van der Waals surface area contributed by atoms with Gasteiger partial charge in [-0.25, -0.2) is 4.98 Å². The van der Waals surface area contributed by atoms with E-state index in [9.17, 15) is 5.26 Å². The molecular weight excluding hydrogens is 446 g/mol. The van der Waals surface area contributed by atoms with E-state index in [1.807, 2.05) is 47.0 Å². The van der Waals surface area contributed by atoms with Crippen molar-refractivity contribution in [2.75, 3.05) is 20.8 Å².